The van der Waals surface area contributed by atoms with E-state index in [1.165, 1.54) is 7.11 Å². The topological polar surface area (TPSA) is 26.3 Å². The van der Waals surface area contributed by atoms with Crippen molar-refractivity contribution in [2.45, 2.75) is 18.8 Å². The van der Waals surface area contributed by atoms with Crippen molar-refractivity contribution in [3.63, 3.8) is 0 Å². The van der Waals surface area contributed by atoms with Crippen molar-refractivity contribution in [1.29, 1.82) is 0 Å². The van der Waals surface area contributed by atoms with E-state index in [2.05, 4.69) is 15.9 Å². The zero-order valence-electron chi connectivity index (χ0n) is 8.78. The Morgan fingerprint density at radius 3 is 2.60 bits per heavy atom. The van der Waals surface area contributed by atoms with E-state index in [0.29, 0.717) is 0 Å². The van der Waals surface area contributed by atoms with Crippen LogP contribution in [-0.2, 0) is 9.53 Å². The summed E-state index contributed by atoms with van der Waals surface area (Å²) in [5.74, 6) is -0.282. The molecule has 0 fully saturated rings. The van der Waals surface area contributed by atoms with Crippen LogP contribution in [0.15, 0.2) is 30.3 Å². The van der Waals surface area contributed by atoms with E-state index in [9.17, 15) is 4.79 Å². The largest absolute Gasteiger partial charge is 0.469 e. The summed E-state index contributed by atoms with van der Waals surface area (Å²) in [6.07, 6.45) is 1.79. The molecule has 82 valence electrons. The Kier molecular flexibility index (Phi) is 5.40. The zero-order valence-corrected chi connectivity index (χ0v) is 10.4. The predicted octanol–water partition coefficient (Wildman–Crippen LogP) is 3.12. The van der Waals surface area contributed by atoms with Crippen molar-refractivity contribution in [2.75, 3.05) is 12.4 Å². The maximum Gasteiger partial charge on any atom is 0.313 e. The number of alkyl halides is 1. The molecule has 2 nitrogen and oxygen atoms in total. The van der Waals surface area contributed by atoms with Gasteiger partial charge in [-0.05, 0) is 18.4 Å². The fourth-order valence-corrected chi connectivity index (χ4v) is 1.85. The number of esters is 1. The molecule has 0 heterocycles. The molecule has 1 rings (SSSR count). The van der Waals surface area contributed by atoms with Crippen LogP contribution in [0.5, 0.6) is 0 Å². The van der Waals surface area contributed by atoms with E-state index in [0.717, 1.165) is 23.7 Å². The van der Waals surface area contributed by atoms with Gasteiger partial charge in [0.05, 0.1) is 13.0 Å². The lowest BCUT2D eigenvalue weighted by Crippen LogP contribution is -2.14. The molecule has 0 amide bonds. The van der Waals surface area contributed by atoms with Gasteiger partial charge in [0, 0.05) is 5.33 Å². The maximum absolute atomic E-state index is 11.6. The first-order chi connectivity index (χ1) is 7.29. The third kappa shape index (κ3) is 3.67. The lowest BCUT2D eigenvalue weighted by molar-refractivity contribution is -0.142. The number of benzene rings is 1. The average molecular weight is 271 g/mol. The highest BCUT2D eigenvalue weighted by molar-refractivity contribution is 9.09. The van der Waals surface area contributed by atoms with E-state index in [4.69, 9.17) is 4.74 Å². The summed E-state index contributed by atoms with van der Waals surface area (Å²) in [5, 5.41) is 0.910. The quantitative estimate of drug-likeness (QED) is 0.607. The molecule has 0 N–H and O–H groups in total. The Balaban J connectivity index is 2.76. The van der Waals surface area contributed by atoms with Crippen molar-refractivity contribution in [2.24, 2.45) is 0 Å². The molecular formula is C12H15BrO2. The molecule has 3 heteroatoms. The van der Waals surface area contributed by atoms with Crippen molar-refractivity contribution in [1.82, 2.24) is 0 Å². The number of hydrogen-bond donors (Lipinski definition) is 0. The van der Waals surface area contributed by atoms with Crippen molar-refractivity contribution < 1.29 is 9.53 Å². The van der Waals surface area contributed by atoms with Gasteiger partial charge in [-0.25, -0.2) is 0 Å². The Morgan fingerprint density at radius 2 is 2.07 bits per heavy atom. The van der Waals surface area contributed by atoms with E-state index in [1.54, 1.807) is 0 Å². The van der Waals surface area contributed by atoms with Crippen LogP contribution in [0.4, 0.5) is 0 Å². The summed E-state index contributed by atoms with van der Waals surface area (Å²) in [6.45, 7) is 0. The molecular weight excluding hydrogens is 256 g/mol. The molecule has 0 aliphatic carbocycles. The smallest absolute Gasteiger partial charge is 0.313 e. The number of hydrogen-bond acceptors (Lipinski definition) is 2. The molecule has 0 aliphatic rings. The van der Waals surface area contributed by atoms with Gasteiger partial charge in [-0.3, -0.25) is 4.79 Å². The van der Waals surface area contributed by atoms with Crippen LogP contribution in [0, 0.1) is 0 Å². The van der Waals surface area contributed by atoms with Crippen LogP contribution in [-0.4, -0.2) is 18.4 Å². The predicted molar refractivity (Wildman–Crippen MR) is 64.2 cm³/mol. The zero-order chi connectivity index (χ0) is 11.1. The molecule has 0 radical (unpaired) electrons. The van der Waals surface area contributed by atoms with Gasteiger partial charge in [0.25, 0.3) is 0 Å². The Bertz CT molecular complexity index is 298. The molecule has 0 saturated carbocycles. The van der Waals surface area contributed by atoms with Crippen LogP contribution in [0.2, 0.25) is 0 Å². The Morgan fingerprint density at radius 1 is 1.40 bits per heavy atom. The third-order valence-corrected chi connectivity index (χ3v) is 2.87. The number of methoxy groups -OCH3 is 1. The average Bonchev–Trinajstić information content (AvgIpc) is 2.30. The minimum atomic E-state index is -0.151. The van der Waals surface area contributed by atoms with Crippen LogP contribution in [0.25, 0.3) is 0 Å². The molecule has 0 unspecified atom stereocenters. The van der Waals surface area contributed by atoms with Crippen LogP contribution < -0.4 is 0 Å². The first-order valence-electron chi connectivity index (χ1n) is 4.98. The summed E-state index contributed by atoms with van der Waals surface area (Å²) in [5.41, 5.74) is 1.03. The highest BCUT2D eigenvalue weighted by Crippen LogP contribution is 2.22. The molecule has 0 aliphatic heterocycles. The molecule has 1 aromatic rings. The molecule has 0 spiro atoms. The van der Waals surface area contributed by atoms with Crippen LogP contribution in [0.3, 0.4) is 0 Å². The van der Waals surface area contributed by atoms with Crippen LogP contribution in [0.1, 0.15) is 24.3 Å². The van der Waals surface area contributed by atoms with E-state index < -0.39 is 0 Å². The first kappa shape index (κ1) is 12.2. The summed E-state index contributed by atoms with van der Waals surface area (Å²) < 4.78 is 4.81. The highest BCUT2D eigenvalue weighted by Gasteiger charge is 2.20. The van der Waals surface area contributed by atoms with Gasteiger partial charge in [-0.1, -0.05) is 46.3 Å². The van der Waals surface area contributed by atoms with Gasteiger partial charge in [0.1, 0.15) is 0 Å². The summed E-state index contributed by atoms with van der Waals surface area (Å²) in [7, 11) is 1.44. The lowest BCUT2D eigenvalue weighted by atomic mass is 9.95. The normalized spacial score (nSPS) is 12.1. The molecule has 0 aromatic heterocycles. The van der Waals surface area contributed by atoms with Gasteiger partial charge in [-0.15, -0.1) is 0 Å². The molecule has 0 bridgehead atoms. The Labute approximate surface area is 98.8 Å². The van der Waals surface area contributed by atoms with Gasteiger partial charge in [0.2, 0.25) is 0 Å². The van der Waals surface area contributed by atoms with Crippen molar-refractivity contribution >= 4 is 21.9 Å². The van der Waals surface area contributed by atoms with E-state index in [1.807, 2.05) is 30.3 Å². The van der Waals surface area contributed by atoms with Crippen LogP contribution >= 0.6 is 15.9 Å². The van der Waals surface area contributed by atoms with Crippen molar-refractivity contribution in [3.05, 3.63) is 35.9 Å². The standard InChI is InChI=1S/C12H15BrO2/c1-15-12(14)11(8-5-9-13)10-6-3-2-4-7-10/h2-4,6-7,11H,5,8-9H2,1H3/t11-/m1/s1. The number of carbonyl (C=O) groups is 1. The SMILES string of the molecule is COC(=O)[C@H](CCCBr)c1ccccc1. The summed E-state index contributed by atoms with van der Waals surface area (Å²) >= 11 is 3.37. The molecule has 0 saturated heterocycles. The summed E-state index contributed by atoms with van der Waals surface area (Å²) in [6, 6.07) is 9.77. The number of rotatable bonds is 5. The lowest BCUT2D eigenvalue weighted by Gasteiger charge is -2.13. The van der Waals surface area contributed by atoms with Crippen molar-refractivity contribution in [3.8, 4) is 0 Å². The minimum Gasteiger partial charge on any atom is -0.469 e. The van der Waals surface area contributed by atoms with Gasteiger partial charge < -0.3 is 4.74 Å². The number of carbonyl (C=O) groups excluding carboxylic acids is 1. The van der Waals surface area contributed by atoms with Gasteiger partial charge in [0.15, 0.2) is 0 Å². The maximum atomic E-state index is 11.6. The molecule has 15 heavy (non-hydrogen) atoms. The fraction of sp³-hybridized carbons (Fsp3) is 0.417. The van der Waals surface area contributed by atoms with Gasteiger partial charge in [-0.2, -0.15) is 0 Å². The number of halogens is 1. The van der Waals surface area contributed by atoms with E-state index in [-0.39, 0.29) is 11.9 Å². The summed E-state index contributed by atoms with van der Waals surface area (Å²) in [4.78, 5) is 11.6. The highest BCUT2D eigenvalue weighted by atomic mass is 79.9. The minimum absolute atomic E-state index is 0.131. The number of ether oxygens (including phenoxy) is 1. The Hall–Kier alpha value is -0.830. The second kappa shape index (κ2) is 6.62. The first-order valence-corrected chi connectivity index (χ1v) is 6.10. The molecule has 1 atom stereocenters. The monoisotopic (exact) mass is 270 g/mol. The third-order valence-electron chi connectivity index (χ3n) is 2.31. The van der Waals surface area contributed by atoms with Gasteiger partial charge >= 0.3 is 5.97 Å². The second-order valence-corrected chi connectivity index (χ2v) is 4.11. The van der Waals surface area contributed by atoms with E-state index >= 15 is 0 Å². The fourth-order valence-electron chi connectivity index (χ4n) is 1.53. The molecule has 1 aromatic carbocycles. The second-order valence-electron chi connectivity index (χ2n) is 3.32.